The van der Waals surface area contributed by atoms with Crippen LogP contribution in [0.1, 0.15) is 186 Å². The number of nitrogens with two attached hydrogens (primary N) is 3. The maximum atomic E-state index is 14.4. The molecular formula is C105H138F6N12O18S3. The minimum atomic E-state index is -3.90. The lowest BCUT2D eigenvalue weighted by atomic mass is 10.0. The molecule has 144 heavy (non-hydrogen) atoms. The van der Waals surface area contributed by atoms with Crippen molar-refractivity contribution in [2.45, 2.75) is 263 Å². The normalized spacial score (nSPS) is 13.5. The lowest BCUT2D eigenvalue weighted by Crippen LogP contribution is -2.55. The van der Waals surface area contributed by atoms with Gasteiger partial charge in [0.25, 0.3) is 0 Å². The summed E-state index contributed by atoms with van der Waals surface area (Å²) in [7, 11) is -11.6. The number of aliphatic hydroxyl groups is 3. The predicted octanol–water partition coefficient (Wildman–Crippen LogP) is 13.4. The molecule has 0 aliphatic rings. The van der Waals surface area contributed by atoms with Crippen LogP contribution in [0.4, 0.5) is 40.7 Å². The van der Waals surface area contributed by atoms with Gasteiger partial charge < -0.3 is 77.4 Å². The van der Waals surface area contributed by atoms with Crippen LogP contribution >= 0.6 is 0 Å². The van der Waals surface area contributed by atoms with Crippen LogP contribution in [0.15, 0.2) is 201 Å². The van der Waals surface area contributed by atoms with Crippen molar-refractivity contribution >= 4 is 65.5 Å². The topological polar surface area (TPSA) is 456 Å². The van der Waals surface area contributed by atoms with E-state index in [1.54, 1.807) is 60.8 Å². The van der Waals surface area contributed by atoms with Crippen LogP contribution in [0.2, 0.25) is 0 Å². The molecule has 0 unspecified atom stereocenters. The molecule has 786 valence electrons. The molecule has 9 atom stereocenters. The van der Waals surface area contributed by atoms with Crippen LogP contribution in [-0.4, -0.2) is 214 Å². The SMILES string of the molecule is CCCC(CCC)S(=O)(=O)C[C@@H](NC(=O)OCc1cccnc1)C(=O)N(Cc1cccc(CC)c1)C[C@@H](O)[C@@H](N)Cc1cc(F)cc(F)c1.CCCC(CCC)S(=O)(=O)C[C@@H](NC(=O)OCc1ccncc1)C(=O)N(Cc1cccc(CC)c1)C[C@@H](O)[C@@H](N)Cc1cc(F)cc(F)c1.CCCCS(=O)(=O)C[C@@H](NC(=O)OCc1ccncc1)C(=O)N(Cc1cccc(CC)c1)C[C@@H](O)[C@@H](N)Cc1cc(F)cc(F)c1. The van der Waals surface area contributed by atoms with Gasteiger partial charge in [-0.2, -0.15) is 0 Å². The molecule has 3 heterocycles. The van der Waals surface area contributed by atoms with Gasteiger partial charge in [0.2, 0.25) is 17.7 Å². The van der Waals surface area contributed by atoms with Gasteiger partial charge in [0.15, 0.2) is 29.5 Å². The van der Waals surface area contributed by atoms with Gasteiger partial charge in [-0.05, 0) is 199 Å². The number of unbranched alkanes of at least 4 members (excludes halogenated alkanes) is 1. The van der Waals surface area contributed by atoms with Crippen molar-refractivity contribution in [2.24, 2.45) is 17.2 Å². The smallest absolute Gasteiger partial charge is 0.408 e. The Hall–Kier alpha value is -11.8. The van der Waals surface area contributed by atoms with Crippen molar-refractivity contribution in [3.63, 3.8) is 0 Å². The molecule has 39 heteroatoms. The number of carbonyl (C=O) groups excluding carboxylic acids is 6. The predicted molar refractivity (Wildman–Crippen MR) is 538 cm³/mol. The lowest BCUT2D eigenvalue weighted by Gasteiger charge is -2.32. The number of ether oxygens (including phenoxy) is 3. The zero-order valence-corrected chi connectivity index (χ0v) is 85.2. The average Bonchev–Trinajstić information content (AvgIpc) is 0.821. The van der Waals surface area contributed by atoms with Gasteiger partial charge >= 0.3 is 18.3 Å². The van der Waals surface area contributed by atoms with Gasteiger partial charge in [-0.25, -0.2) is 66.0 Å². The van der Waals surface area contributed by atoms with Crippen LogP contribution in [0.25, 0.3) is 0 Å². The van der Waals surface area contributed by atoms with Crippen molar-refractivity contribution in [2.75, 3.05) is 42.6 Å². The Balaban J connectivity index is 0.000000293. The first-order valence-corrected chi connectivity index (χ1v) is 53.7. The van der Waals surface area contributed by atoms with E-state index in [-0.39, 0.29) is 101 Å². The van der Waals surface area contributed by atoms with Gasteiger partial charge in [0.05, 0.1) is 51.8 Å². The highest BCUT2D eigenvalue weighted by Gasteiger charge is 2.40. The summed E-state index contributed by atoms with van der Waals surface area (Å²) in [4.78, 5) is 97.3. The number of nitrogens with one attached hydrogen (secondary N) is 3. The number of aromatic nitrogens is 3. The largest absolute Gasteiger partial charge is 0.445 e. The molecular weight excluding hydrogens is 1930 g/mol. The number of alkyl carbamates (subject to hydrolysis) is 3. The van der Waals surface area contributed by atoms with Gasteiger partial charge in [0, 0.05) is 118 Å². The first-order valence-electron chi connectivity index (χ1n) is 48.4. The van der Waals surface area contributed by atoms with Crippen molar-refractivity contribution in [3.05, 3.63) is 303 Å². The summed E-state index contributed by atoms with van der Waals surface area (Å²) in [5.74, 6) is -9.30. The summed E-state index contributed by atoms with van der Waals surface area (Å²) < 4.78 is 180. The number of carbonyl (C=O) groups is 6. The molecule has 6 amide bonds. The molecule has 0 fully saturated rings. The number of halogens is 6. The van der Waals surface area contributed by atoms with E-state index in [9.17, 15) is 95.7 Å². The number of aryl methyl sites for hydroxylation is 3. The Labute approximate surface area is 841 Å². The van der Waals surface area contributed by atoms with Crippen LogP contribution in [0, 0.1) is 34.9 Å². The van der Waals surface area contributed by atoms with Crippen molar-refractivity contribution in [1.82, 2.24) is 45.6 Å². The molecule has 9 rings (SSSR count). The highest BCUT2D eigenvalue weighted by Crippen LogP contribution is 2.26. The second-order valence-electron chi connectivity index (χ2n) is 35.7. The van der Waals surface area contributed by atoms with Gasteiger partial charge in [-0.1, -0.05) is 166 Å². The van der Waals surface area contributed by atoms with E-state index in [2.05, 4.69) is 30.9 Å². The molecule has 12 N–H and O–H groups in total. The van der Waals surface area contributed by atoms with Gasteiger partial charge in [-0.15, -0.1) is 0 Å². The average molecular weight is 2070 g/mol. The maximum Gasteiger partial charge on any atom is 0.408 e. The molecule has 0 saturated carbocycles. The zero-order chi connectivity index (χ0) is 106. The minimum absolute atomic E-state index is 0.0374. The molecule has 30 nitrogen and oxygen atoms in total. The number of hydrogen-bond acceptors (Lipinski definition) is 24. The Morgan fingerprint density at radius 3 is 0.910 bits per heavy atom. The summed E-state index contributed by atoms with van der Waals surface area (Å²) in [5.41, 5.74) is 26.4. The van der Waals surface area contributed by atoms with E-state index in [1.807, 2.05) is 110 Å². The number of amides is 6. The third-order valence-corrected chi connectivity index (χ3v) is 30.1. The first kappa shape index (κ1) is 119. The summed E-state index contributed by atoms with van der Waals surface area (Å²) in [6, 6.07) is 33.3. The van der Waals surface area contributed by atoms with E-state index in [0.29, 0.717) is 97.6 Å². The van der Waals surface area contributed by atoms with Crippen LogP contribution in [0.5, 0.6) is 0 Å². The van der Waals surface area contributed by atoms with E-state index in [4.69, 9.17) is 31.4 Å². The number of hydrogen-bond donors (Lipinski definition) is 9. The van der Waals surface area contributed by atoms with Crippen molar-refractivity contribution in [3.8, 4) is 0 Å². The Morgan fingerprint density at radius 2 is 0.632 bits per heavy atom. The second-order valence-corrected chi connectivity index (χ2v) is 42.6. The standard InChI is InChI=1S/2C36H48F2N4O6S.C33H42F2N4O6S/c1-4-9-31(10-5-2)49(46,47)24-33(41-36(45)48-23-27-13-8-14-40-20-27)35(44)42(21-26-12-7-11-25(6-3)15-26)22-34(43)32(39)18-28-16-29(37)19-30(38)17-28;1-4-8-31(9-5-2)49(46,47)24-33(41-36(45)48-23-26-12-14-40-15-13-26)35(44)42(21-27-11-7-10-25(6-3)16-27)22-34(43)32(39)19-28-17-29(37)20-30(38)18-28;1-3-5-13-46(43,44)22-30(38-33(42)45-21-24-9-11-37-12-10-24)32(41)39(19-25-8-6-7-23(4-2)14-25)20-31(40)29(36)17-26-15-27(34)18-28(35)16-26/h7-8,11-17,19-20,31-34,43H,4-6,9-10,18,21-24,39H2,1-3H3,(H,41,45);7,10-18,20,31-34,43H,4-6,8-9,19,21-24,39H2,1-3H3,(H,41,45);6-12,14-16,18,29-31,40H,3-5,13,17,19-22,36H2,1-2H3,(H,38,42)/t2*32-,33+,34+;29-,30+,31+/m000/s1. The molecule has 0 radical (unpaired) electrons. The molecule has 0 aliphatic carbocycles. The number of pyridine rings is 3. The molecule has 0 bridgehead atoms. The van der Waals surface area contributed by atoms with Crippen LogP contribution in [0.3, 0.4) is 0 Å². The minimum Gasteiger partial charge on any atom is -0.445 e. The maximum absolute atomic E-state index is 14.4. The van der Waals surface area contributed by atoms with E-state index in [0.717, 1.165) is 90.6 Å². The molecule has 9 aromatic rings. The Bertz CT molecular complexity index is 5580. The zero-order valence-electron chi connectivity index (χ0n) is 82.8. The van der Waals surface area contributed by atoms with E-state index < -0.39 is 183 Å². The number of nitrogens with zero attached hydrogens (tertiary/aromatic N) is 6. The quantitative estimate of drug-likeness (QED) is 0.0126. The first-order chi connectivity index (χ1) is 68.6. The fourth-order valence-corrected chi connectivity index (χ4v) is 22.0. The third kappa shape index (κ3) is 42.1. The molecule has 6 aromatic carbocycles. The third-order valence-electron chi connectivity index (χ3n) is 23.7. The summed E-state index contributed by atoms with van der Waals surface area (Å²) >= 11 is 0. The molecule has 0 spiro atoms. The van der Waals surface area contributed by atoms with Crippen LogP contribution in [-0.2, 0) is 136 Å². The van der Waals surface area contributed by atoms with Crippen molar-refractivity contribution < 1.29 is 110 Å². The number of aliphatic hydroxyl groups excluding tert-OH is 3. The number of rotatable bonds is 55. The number of benzene rings is 6. The van der Waals surface area contributed by atoms with E-state index >= 15 is 0 Å². The fraction of sp³-hybridized carbons (Fsp3) is 0.457. The summed E-state index contributed by atoms with van der Waals surface area (Å²) in [5, 5.41) is 39.5. The second kappa shape index (κ2) is 60.8. The van der Waals surface area contributed by atoms with Gasteiger partial charge in [-0.3, -0.25) is 29.3 Å². The Kier molecular flexibility index (Phi) is 50.3. The molecule has 0 saturated heterocycles. The summed E-state index contributed by atoms with van der Waals surface area (Å²) in [6.45, 7) is 13.7. The van der Waals surface area contributed by atoms with Gasteiger partial charge in [0.1, 0.15) is 72.8 Å². The fourth-order valence-electron chi connectivity index (χ4n) is 16.1. The van der Waals surface area contributed by atoms with Crippen LogP contribution < -0.4 is 33.2 Å². The lowest BCUT2D eigenvalue weighted by molar-refractivity contribution is -0.135. The van der Waals surface area contributed by atoms with E-state index in [1.165, 1.54) is 45.7 Å². The Morgan fingerprint density at radius 1 is 0.347 bits per heavy atom. The van der Waals surface area contributed by atoms with Crippen molar-refractivity contribution in [1.29, 1.82) is 0 Å². The molecule has 0 aliphatic heterocycles. The highest BCUT2D eigenvalue weighted by atomic mass is 32.2. The monoisotopic (exact) mass is 2060 g/mol. The number of sulfone groups is 3. The summed E-state index contributed by atoms with van der Waals surface area (Å²) in [6.07, 6.45) is 8.93. The molecule has 3 aromatic heterocycles. The highest BCUT2D eigenvalue weighted by molar-refractivity contribution is 7.92.